The molecule has 0 spiro atoms. The summed E-state index contributed by atoms with van der Waals surface area (Å²) in [4.78, 5) is 16.2. The highest BCUT2D eigenvalue weighted by Crippen LogP contribution is 2.27. The van der Waals surface area contributed by atoms with Crippen LogP contribution >= 0.6 is 0 Å². The van der Waals surface area contributed by atoms with Crippen molar-refractivity contribution >= 4 is 11.9 Å². The quantitative estimate of drug-likeness (QED) is 0.405. The fourth-order valence-corrected chi connectivity index (χ4v) is 2.75. The molecular formula is C22H30N4O4. The molecule has 1 amide bonds. The number of guanidine groups is 1. The maximum atomic E-state index is 12.1. The lowest BCUT2D eigenvalue weighted by Crippen LogP contribution is -2.43. The second-order valence-electron chi connectivity index (χ2n) is 6.42. The van der Waals surface area contributed by atoms with Crippen molar-refractivity contribution in [1.29, 1.82) is 0 Å². The maximum Gasteiger partial charge on any atom is 0.239 e. The van der Waals surface area contributed by atoms with E-state index in [0.717, 1.165) is 23.3 Å². The standard InChI is InChI=1S/C22H30N4O4/c1-23-22(24-12-11-16-7-10-19(29-3)20(13-16)30-4)26-15-21(27)25-14-17-5-8-18(28-2)9-6-17/h5-10,13H,11-12,14-15H2,1-4H3,(H,25,27)(H2,23,24,26). The van der Waals surface area contributed by atoms with Gasteiger partial charge in [-0.3, -0.25) is 9.79 Å². The lowest BCUT2D eigenvalue weighted by Gasteiger charge is -2.13. The van der Waals surface area contributed by atoms with E-state index in [1.807, 2.05) is 42.5 Å². The van der Waals surface area contributed by atoms with Crippen molar-refractivity contribution in [3.8, 4) is 17.2 Å². The Morgan fingerprint density at radius 3 is 2.20 bits per heavy atom. The van der Waals surface area contributed by atoms with Crippen molar-refractivity contribution in [2.45, 2.75) is 13.0 Å². The highest BCUT2D eigenvalue weighted by molar-refractivity contribution is 5.86. The number of carbonyl (C=O) groups is 1. The van der Waals surface area contributed by atoms with Crippen LogP contribution < -0.4 is 30.2 Å². The van der Waals surface area contributed by atoms with Crippen LogP contribution in [0.1, 0.15) is 11.1 Å². The average molecular weight is 415 g/mol. The molecule has 3 N–H and O–H groups in total. The Balaban J connectivity index is 1.71. The van der Waals surface area contributed by atoms with Gasteiger partial charge >= 0.3 is 0 Å². The fourth-order valence-electron chi connectivity index (χ4n) is 2.75. The van der Waals surface area contributed by atoms with Crippen molar-refractivity contribution in [3.05, 3.63) is 53.6 Å². The second-order valence-corrected chi connectivity index (χ2v) is 6.42. The Bertz CT molecular complexity index is 838. The molecule has 0 saturated carbocycles. The summed E-state index contributed by atoms with van der Waals surface area (Å²) in [7, 11) is 6.52. The highest BCUT2D eigenvalue weighted by Gasteiger charge is 2.06. The van der Waals surface area contributed by atoms with Gasteiger partial charge in [0, 0.05) is 20.1 Å². The largest absolute Gasteiger partial charge is 0.497 e. The summed E-state index contributed by atoms with van der Waals surface area (Å²) in [5.74, 6) is 2.64. The first-order chi connectivity index (χ1) is 14.6. The number of hydrogen-bond donors (Lipinski definition) is 3. The molecule has 0 aliphatic heterocycles. The van der Waals surface area contributed by atoms with Crippen LogP contribution in [0, 0.1) is 0 Å². The third-order valence-electron chi connectivity index (χ3n) is 4.44. The Hall–Kier alpha value is -3.42. The predicted molar refractivity (Wildman–Crippen MR) is 117 cm³/mol. The number of nitrogens with one attached hydrogen (secondary N) is 3. The van der Waals surface area contributed by atoms with Gasteiger partial charge < -0.3 is 30.2 Å². The van der Waals surface area contributed by atoms with Crippen LogP contribution in [0.3, 0.4) is 0 Å². The third-order valence-corrected chi connectivity index (χ3v) is 4.44. The summed E-state index contributed by atoms with van der Waals surface area (Å²) >= 11 is 0. The second kappa shape index (κ2) is 12.2. The molecule has 30 heavy (non-hydrogen) atoms. The van der Waals surface area contributed by atoms with Crippen molar-refractivity contribution in [3.63, 3.8) is 0 Å². The van der Waals surface area contributed by atoms with Gasteiger partial charge in [0.2, 0.25) is 5.91 Å². The smallest absolute Gasteiger partial charge is 0.239 e. The van der Waals surface area contributed by atoms with Crippen LogP contribution in [0.5, 0.6) is 17.2 Å². The minimum atomic E-state index is -0.117. The summed E-state index contributed by atoms with van der Waals surface area (Å²) in [6, 6.07) is 13.4. The molecule has 0 atom stereocenters. The number of rotatable bonds is 10. The Morgan fingerprint density at radius 2 is 1.57 bits per heavy atom. The molecule has 0 aromatic heterocycles. The van der Waals surface area contributed by atoms with Crippen molar-refractivity contribution in [2.75, 3.05) is 41.5 Å². The number of carbonyl (C=O) groups excluding carboxylic acids is 1. The summed E-state index contributed by atoms with van der Waals surface area (Å²) in [5, 5.41) is 9.08. The minimum absolute atomic E-state index is 0.117. The normalized spacial score (nSPS) is 10.9. The maximum absolute atomic E-state index is 12.1. The van der Waals surface area contributed by atoms with E-state index < -0.39 is 0 Å². The number of amides is 1. The number of nitrogens with zero attached hydrogens (tertiary/aromatic N) is 1. The molecule has 0 aliphatic carbocycles. The molecule has 8 nitrogen and oxygen atoms in total. The summed E-state index contributed by atoms with van der Waals surface area (Å²) in [5.41, 5.74) is 2.11. The number of aliphatic imine (C=N–C) groups is 1. The Morgan fingerprint density at radius 1 is 0.867 bits per heavy atom. The van der Waals surface area contributed by atoms with Gasteiger partial charge in [-0.05, 0) is 41.8 Å². The molecule has 0 fully saturated rings. The van der Waals surface area contributed by atoms with Crippen LogP contribution in [0.2, 0.25) is 0 Å². The van der Waals surface area contributed by atoms with Gasteiger partial charge in [0.1, 0.15) is 5.75 Å². The first-order valence-corrected chi connectivity index (χ1v) is 9.64. The van der Waals surface area contributed by atoms with E-state index >= 15 is 0 Å². The fraction of sp³-hybridized carbons (Fsp3) is 0.364. The van der Waals surface area contributed by atoms with E-state index in [4.69, 9.17) is 14.2 Å². The molecule has 2 rings (SSSR count). The summed E-state index contributed by atoms with van der Waals surface area (Å²) in [6.07, 6.45) is 0.769. The number of ether oxygens (including phenoxy) is 3. The van der Waals surface area contributed by atoms with Crippen LogP contribution in [-0.4, -0.2) is 53.3 Å². The summed E-state index contributed by atoms with van der Waals surface area (Å²) in [6.45, 7) is 1.24. The lowest BCUT2D eigenvalue weighted by atomic mass is 10.1. The average Bonchev–Trinajstić information content (AvgIpc) is 2.79. The van der Waals surface area contributed by atoms with E-state index in [1.54, 1.807) is 28.4 Å². The van der Waals surface area contributed by atoms with Crippen molar-refractivity contribution < 1.29 is 19.0 Å². The molecule has 8 heteroatoms. The summed E-state index contributed by atoms with van der Waals surface area (Å²) < 4.78 is 15.7. The minimum Gasteiger partial charge on any atom is -0.497 e. The van der Waals surface area contributed by atoms with Gasteiger partial charge in [-0.25, -0.2) is 0 Å². The first-order valence-electron chi connectivity index (χ1n) is 9.64. The number of hydrogen-bond acceptors (Lipinski definition) is 5. The van der Waals surface area contributed by atoms with Crippen LogP contribution in [0.4, 0.5) is 0 Å². The van der Waals surface area contributed by atoms with Gasteiger partial charge in [0.05, 0.1) is 27.9 Å². The Labute approximate surface area is 177 Å². The number of benzene rings is 2. The van der Waals surface area contributed by atoms with Gasteiger partial charge in [-0.1, -0.05) is 18.2 Å². The van der Waals surface area contributed by atoms with E-state index in [9.17, 15) is 4.79 Å². The van der Waals surface area contributed by atoms with E-state index in [0.29, 0.717) is 30.5 Å². The van der Waals surface area contributed by atoms with Crippen molar-refractivity contribution in [1.82, 2.24) is 16.0 Å². The zero-order valence-electron chi connectivity index (χ0n) is 18.0. The molecule has 0 radical (unpaired) electrons. The monoisotopic (exact) mass is 414 g/mol. The topological polar surface area (TPSA) is 93.2 Å². The van der Waals surface area contributed by atoms with Gasteiger partial charge in [-0.2, -0.15) is 0 Å². The van der Waals surface area contributed by atoms with E-state index in [-0.39, 0.29) is 12.5 Å². The molecule has 0 bridgehead atoms. The van der Waals surface area contributed by atoms with E-state index in [1.165, 1.54) is 0 Å². The molecule has 2 aromatic carbocycles. The zero-order chi connectivity index (χ0) is 21.8. The van der Waals surface area contributed by atoms with Crippen LogP contribution in [0.15, 0.2) is 47.5 Å². The van der Waals surface area contributed by atoms with Gasteiger partial charge in [0.25, 0.3) is 0 Å². The van der Waals surface area contributed by atoms with Gasteiger partial charge in [-0.15, -0.1) is 0 Å². The molecular weight excluding hydrogens is 384 g/mol. The molecule has 0 aliphatic rings. The molecule has 162 valence electrons. The molecule has 0 saturated heterocycles. The SMILES string of the molecule is CN=C(NCCc1ccc(OC)c(OC)c1)NCC(=O)NCc1ccc(OC)cc1. The third kappa shape index (κ3) is 7.20. The predicted octanol–water partition coefficient (Wildman–Crippen LogP) is 1.74. The van der Waals surface area contributed by atoms with E-state index in [2.05, 4.69) is 20.9 Å². The Kier molecular flexibility index (Phi) is 9.30. The van der Waals surface area contributed by atoms with Crippen LogP contribution in [-0.2, 0) is 17.8 Å². The highest BCUT2D eigenvalue weighted by atomic mass is 16.5. The molecule has 0 heterocycles. The van der Waals surface area contributed by atoms with Crippen molar-refractivity contribution in [2.24, 2.45) is 4.99 Å². The number of methoxy groups -OCH3 is 3. The molecule has 0 unspecified atom stereocenters. The molecule has 2 aromatic rings. The van der Waals surface area contributed by atoms with Crippen LogP contribution in [0.25, 0.3) is 0 Å². The first kappa shape index (κ1) is 22.9. The lowest BCUT2D eigenvalue weighted by molar-refractivity contribution is -0.120. The van der Waals surface area contributed by atoms with Gasteiger partial charge in [0.15, 0.2) is 17.5 Å². The zero-order valence-corrected chi connectivity index (χ0v) is 18.0.